The van der Waals surface area contributed by atoms with E-state index in [2.05, 4.69) is 0 Å². The minimum Gasteiger partial charge on any atom is -0.486 e. The number of hydrogen-bond acceptors (Lipinski definition) is 3. The zero-order chi connectivity index (χ0) is 13.2. The smallest absolute Gasteiger partial charge is 0.202 e. The molecule has 1 aromatic carbocycles. The molecule has 17 heavy (non-hydrogen) atoms. The fourth-order valence-electron chi connectivity index (χ4n) is 1.07. The molecule has 0 unspecified atom stereocenters. The van der Waals surface area contributed by atoms with E-state index >= 15 is 0 Å². The van der Waals surface area contributed by atoms with Gasteiger partial charge >= 0.3 is 0 Å². The molecule has 0 atom stereocenters. The van der Waals surface area contributed by atoms with Gasteiger partial charge in [-0.05, 0) is 40.1 Å². The van der Waals surface area contributed by atoms with Gasteiger partial charge in [0, 0.05) is 5.54 Å². The van der Waals surface area contributed by atoms with Gasteiger partial charge in [-0.15, -0.1) is 0 Å². The van der Waals surface area contributed by atoms with Crippen molar-refractivity contribution in [2.75, 3.05) is 26.4 Å². The van der Waals surface area contributed by atoms with Crippen LogP contribution in [0.1, 0.15) is 13.8 Å². The lowest BCUT2D eigenvalue weighted by Gasteiger charge is -2.32. The van der Waals surface area contributed by atoms with Gasteiger partial charge in [-0.25, -0.2) is 4.39 Å². The maximum Gasteiger partial charge on any atom is 0.202 e. The average molecular weight is 244 g/mol. The summed E-state index contributed by atoms with van der Waals surface area (Å²) in [5, 5.41) is 0. The fraction of sp³-hybridized carbons (Fsp3) is 0.500. The summed E-state index contributed by atoms with van der Waals surface area (Å²) < 4.78 is 31.8. The number of anilines is 1. The van der Waals surface area contributed by atoms with Gasteiger partial charge in [-0.3, -0.25) is 0 Å². The lowest BCUT2D eigenvalue weighted by Crippen LogP contribution is -2.43. The van der Waals surface area contributed by atoms with Crippen LogP contribution >= 0.6 is 0 Å². The average Bonchev–Trinajstić information content (AvgIpc) is 2.23. The van der Waals surface area contributed by atoms with Crippen LogP contribution in [-0.4, -0.2) is 31.1 Å². The molecule has 96 valence electrons. The van der Waals surface area contributed by atoms with Crippen molar-refractivity contribution in [2.24, 2.45) is 0 Å². The van der Waals surface area contributed by atoms with Crippen molar-refractivity contribution in [3.63, 3.8) is 0 Å². The van der Waals surface area contributed by atoms with Crippen LogP contribution in [0.4, 0.5) is 14.5 Å². The topological polar surface area (TPSA) is 38.5 Å². The van der Waals surface area contributed by atoms with Gasteiger partial charge in [0.05, 0.1) is 5.69 Å². The number of nitrogens with two attached hydrogens (primary N) is 1. The van der Waals surface area contributed by atoms with Crippen molar-refractivity contribution in [1.29, 1.82) is 0 Å². The minimum absolute atomic E-state index is 0.0958. The van der Waals surface area contributed by atoms with Crippen molar-refractivity contribution < 1.29 is 13.5 Å². The molecule has 3 nitrogen and oxygen atoms in total. The molecular formula is C12H18F2N2O. The lowest BCUT2D eigenvalue weighted by atomic mass is 10.1. The third-order valence-electron chi connectivity index (χ3n) is 2.86. The van der Waals surface area contributed by atoms with Gasteiger partial charge in [-0.1, -0.05) is 0 Å². The quantitative estimate of drug-likeness (QED) is 0.826. The molecule has 1 aromatic rings. The molecule has 0 saturated heterocycles. The zero-order valence-corrected chi connectivity index (χ0v) is 10.6. The van der Waals surface area contributed by atoms with Crippen LogP contribution in [0.2, 0.25) is 0 Å². The molecule has 0 aliphatic rings. The zero-order valence-electron chi connectivity index (χ0n) is 10.6. The summed E-state index contributed by atoms with van der Waals surface area (Å²) in [6.45, 7) is 4.07. The predicted molar refractivity (Wildman–Crippen MR) is 64.0 cm³/mol. The highest BCUT2D eigenvalue weighted by Crippen LogP contribution is 2.28. The van der Waals surface area contributed by atoms with Crippen LogP contribution in [0, 0.1) is 11.6 Å². The molecular weight excluding hydrogens is 226 g/mol. The highest BCUT2D eigenvalue weighted by atomic mass is 19.2. The highest BCUT2D eigenvalue weighted by molar-refractivity contribution is 5.53. The van der Waals surface area contributed by atoms with Gasteiger partial charge in [0.1, 0.15) is 6.61 Å². The van der Waals surface area contributed by atoms with Gasteiger partial charge in [0.25, 0.3) is 0 Å². The molecule has 0 fully saturated rings. The number of nitrogen functional groups attached to an aromatic ring is 1. The Labute approximate surface area is 100 Å². The molecule has 1 rings (SSSR count). The summed E-state index contributed by atoms with van der Waals surface area (Å²) in [4.78, 5) is 1.93. The molecule has 5 heteroatoms. The first kappa shape index (κ1) is 13.7. The third-order valence-corrected chi connectivity index (χ3v) is 2.86. The van der Waals surface area contributed by atoms with Gasteiger partial charge in [-0.2, -0.15) is 4.39 Å². The first-order valence-corrected chi connectivity index (χ1v) is 5.29. The lowest BCUT2D eigenvalue weighted by molar-refractivity contribution is 0.111. The normalized spacial score (nSPS) is 11.9. The Hall–Kier alpha value is -1.36. The Morgan fingerprint density at radius 2 is 1.88 bits per heavy atom. The maximum atomic E-state index is 13.4. The van der Waals surface area contributed by atoms with E-state index in [4.69, 9.17) is 10.5 Å². The van der Waals surface area contributed by atoms with E-state index in [0.29, 0.717) is 0 Å². The third kappa shape index (κ3) is 3.06. The van der Waals surface area contributed by atoms with Crippen LogP contribution in [0.25, 0.3) is 0 Å². The molecule has 0 spiro atoms. The van der Waals surface area contributed by atoms with E-state index in [1.165, 1.54) is 6.07 Å². The number of rotatable bonds is 4. The molecule has 0 aromatic heterocycles. The molecule has 0 aliphatic heterocycles. The SMILES string of the molecule is CN(C)C(C)(C)COc1c(N)ccc(F)c1F. The summed E-state index contributed by atoms with van der Waals surface area (Å²) in [6, 6.07) is 2.27. The van der Waals surface area contributed by atoms with E-state index in [0.717, 1.165) is 6.07 Å². The molecule has 0 heterocycles. The van der Waals surface area contributed by atoms with E-state index in [-0.39, 0.29) is 23.6 Å². The Morgan fingerprint density at radius 3 is 2.41 bits per heavy atom. The first-order valence-electron chi connectivity index (χ1n) is 5.29. The van der Waals surface area contributed by atoms with E-state index < -0.39 is 11.6 Å². The number of ether oxygens (including phenoxy) is 1. The van der Waals surface area contributed by atoms with Gasteiger partial charge in [0.15, 0.2) is 11.6 Å². The monoisotopic (exact) mass is 244 g/mol. The Bertz CT molecular complexity index is 406. The molecule has 0 amide bonds. The van der Waals surface area contributed by atoms with Gasteiger partial charge < -0.3 is 15.4 Å². The van der Waals surface area contributed by atoms with Crippen molar-refractivity contribution >= 4 is 5.69 Å². The largest absolute Gasteiger partial charge is 0.486 e. The van der Waals surface area contributed by atoms with Crippen LogP contribution in [0.5, 0.6) is 5.75 Å². The van der Waals surface area contributed by atoms with Crippen molar-refractivity contribution in [1.82, 2.24) is 4.90 Å². The number of nitrogens with zero attached hydrogens (tertiary/aromatic N) is 1. The number of halogens is 2. The number of benzene rings is 1. The number of likely N-dealkylation sites (N-methyl/N-ethyl adjacent to an activating group) is 1. The highest BCUT2D eigenvalue weighted by Gasteiger charge is 2.23. The molecule has 0 bridgehead atoms. The van der Waals surface area contributed by atoms with Crippen LogP contribution in [-0.2, 0) is 0 Å². The summed E-state index contributed by atoms with van der Waals surface area (Å²) in [5.74, 6) is -2.23. The Morgan fingerprint density at radius 1 is 1.29 bits per heavy atom. The molecule has 0 radical (unpaired) electrons. The molecule has 2 N–H and O–H groups in total. The fourth-order valence-corrected chi connectivity index (χ4v) is 1.07. The van der Waals surface area contributed by atoms with Crippen molar-refractivity contribution in [2.45, 2.75) is 19.4 Å². The van der Waals surface area contributed by atoms with Crippen molar-refractivity contribution in [3.05, 3.63) is 23.8 Å². The van der Waals surface area contributed by atoms with E-state index in [1.54, 1.807) is 0 Å². The van der Waals surface area contributed by atoms with E-state index in [1.807, 2.05) is 32.8 Å². The van der Waals surface area contributed by atoms with Crippen LogP contribution in [0.15, 0.2) is 12.1 Å². The predicted octanol–water partition coefficient (Wildman–Crippen LogP) is 2.27. The summed E-state index contributed by atoms with van der Waals surface area (Å²) in [5.41, 5.74) is 5.35. The first-order chi connectivity index (χ1) is 7.75. The summed E-state index contributed by atoms with van der Waals surface area (Å²) in [7, 11) is 3.77. The van der Waals surface area contributed by atoms with Crippen LogP contribution < -0.4 is 10.5 Å². The van der Waals surface area contributed by atoms with Crippen LogP contribution in [0.3, 0.4) is 0 Å². The maximum absolute atomic E-state index is 13.4. The van der Waals surface area contributed by atoms with E-state index in [9.17, 15) is 8.78 Å². The Balaban J connectivity index is 2.87. The molecule has 0 saturated carbocycles. The van der Waals surface area contributed by atoms with Gasteiger partial charge in [0.2, 0.25) is 5.82 Å². The molecule has 0 aliphatic carbocycles. The second kappa shape index (κ2) is 4.87. The minimum atomic E-state index is -1.04. The van der Waals surface area contributed by atoms with Crippen molar-refractivity contribution in [3.8, 4) is 5.75 Å². The second-order valence-electron chi connectivity index (χ2n) is 4.78. The summed E-state index contributed by atoms with van der Waals surface area (Å²) in [6.07, 6.45) is 0. The standard InChI is InChI=1S/C12H18F2N2O/c1-12(2,16(3)4)7-17-11-9(15)6-5-8(13)10(11)14/h5-6H,7,15H2,1-4H3. The Kier molecular flexibility index (Phi) is 3.93. The summed E-state index contributed by atoms with van der Waals surface area (Å²) >= 11 is 0. The number of hydrogen-bond donors (Lipinski definition) is 1. The second-order valence-corrected chi connectivity index (χ2v) is 4.78.